The number of carbonyl (C=O) groups is 2. The number of nitrogens with two attached hydrogens (primary N) is 1. The Balaban J connectivity index is 1.79. The number of nitrogens with one attached hydrogen (secondary N) is 1. The summed E-state index contributed by atoms with van der Waals surface area (Å²) in [7, 11) is 0. The minimum atomic E-state index is -0.0954. The summed E-state index contributed by atoms with van der Waals surface area (Å²) in [6.45, 7) is 3.95. The number of rotatable bonds is 3. The van der Waals surface area contributed by atoms with E-state index >= 15 is 0 Å². The third-order valence-electron chi connectivity index (χ3n) is 3.93. The number of nitrogens with zero attached hydrogens (tertiary/aromatic N) is 1. The van der Waals surface area contributed by atoms with Crippen LogP contribution in [0.1, 0.15) is 26.2 Å². The summed E-state index contributed by atoms with van der Waals surface area (Å²) in [4.78, 5) is 25.3. The van der Waals surface area contributed by atoms with Crippen LogP contribution < -0.4 is 11.1 Å². The molecule has 2 heterocycles. The first-order valence-corrected chi connectivity index (χ1v) is 6.96. The molecule has 0 saturated carbocycles. The van der Waals surface area contributed by atoms with Gasteiger partial charge in [-0.3, -0.25) is 9.59 Å². The standard InChI is InChI=1S/C13H23N3O3/c1-9-6-13(18)16(7-11(9)14)8-12(17)15-10-2-4-19-5-3-10/h9-11H,2-8,14H2,1H3,(H,15,17). The number of hydrogen-bond donors (Lipinski definition) is 2. The van der Waals surface area contributed by atoms with Crippen LogP contribution in [0.5, 0.6) is 0 Å². The summed E-state index contributed by atoms with van der Waals surface area (Å²) in [6.07, 6.45) is 2.12. The molecule has 2 fully saturated rings. The zero-order valence-corrected chi connectivity index (χ0v) is 11.4. The third-order valence-corrected chi connectivity index (χ3v) is 3.93. The molecule has 2 amide bonds. The number of carbonyl (C=O) groups excluding carboxylic acids is 2. The molecule has 6 heteroatoms. The van der Waals surface area contributed by atoms with Gasteiger partial charge in [0, 0.05) is 38.3 Å². The highest BCUT2D eigenvalue weighted by Gasteiger charge is 2.30. The van der Waals surface area contributed by atoms with E-state index in [1.54, 1.807) is 4.90 Å². The molecular weight excluding hydrogens is 246 g/mol. The Labute approximate surface area is 113 Å². The number of likely N-dealkylation sites (tertiary alicyclic amines) is 1. The molecule has 0 aromatic rings. The Morgan fingerprint density at radius 3 is 2.84 bits per heavy atom. The smallest absolute Gasteiger partial charge is 0.239 e. The minimum absolute atomic E-state index is 0.0244. The molecule has 19 heavy (non-hydrogen) atoms. The molecule has 0 aliphatic carbocycles. The van der Waals surface area contributed by atoms with Crippen molar-refractivity contribution in [1.29, 1.82) is 0 Å². The SMILES string of the molecule is CC1CC(=O)N(CC(=O)NC2CCOCC2)CC1N. The first-order valence-electron chi connectivity index (χ1n) is 6.96. The van der Waals surface area contributed by atoms with Gasteiger partial charge in [-0.1, -0.05) is 6.92 Å². The van der Waals surface area contributed by atoms with Crippen molar-refractivity contribution in [2.45, 2.75) is 38.3 Å². The fourth-order valence-electron chi connectivity index (χ4n) is 2.53. The third kappa shape index (κ3) is 3.91. The molecular formula is C13H23N3O3. The van der Waals surface area contributed by atoms with Crippen molar-refractivity contribution < 1.29 is 14.3 Å². The molecule has 2 unspecified atom stereocenters. The Morgan fingerprint density at radius 2 is 2.16 bits per heavy atom. The summed E-state index contributed by atoms with van der Waals surface area (Å²) in [5, 5.41) is 2.96. The average molecular weight is 269 g/mol. The van der Waals surface area contributed by atoms with E-state index in [0.717, 1.165) is 12.8 Å². The molecule has 0 aromatic heterocycles. The Bertz CT molecular complexity index is 342. The summed E-state index contributed by atoms with van der Waals surface area (Å²) < 4.78 is 5.24. The molecule has 0 radical (unpaired) electrons. The van der Waals surface area contributed by atoms with Crippen molar-refractivity contribution in [2.24, 2.45) is 11.7 Å². The van der Waals surface area contributed by atoms with Gasteiger partial charge in [0.05, 0.1) is 6.54 Å². The van der Waals surface area contributed by atoms with Gasteiger partial charge in [-0.25, -0.2) is 0 Å². The maximum Gasteiger partial charge on any atom is 0.239 e. The van der Waals surface area contributed by atoms with Crippen molar-refractivity contribution in [3.05, 3.63) is 0 Å². The first kappa shape index (κ1) is 14.3. The topological polar surface area (TPSA) is 84.7 Å². The van der Waals surface area contributed by atoms with Gasteiger partial charge in [-0.15, -0.1) is 0 Å². The lowest BCUT2D eigenvalue weighted by atomic mass is 9.94. The number of hydrogen-bond acceptors (Lipinski definition) is 4. The summed E-state index contributed by atoms with van der Waals surface area (Å²) in [6, 6.07) is 0.141. The molecule has 0 aromatic carbocycles. The zero-order chi connectivity index (χ0) is 13.8. The Morgan fingerprint density at radius 1 is 1.47 bits per heavy atom. The van der Waals surface area contributed by atoms with Gasteiger partial charge in [0.2, 0.25) is 11.8 Å². The maximum absolute atomic E-state index is 11.9. The van der Waals surface area contributed by atoms with Crippen LogP contribution in [0, 0.1) is 5.92 Å². The zero-order valence-electron chi connectivity index (χ0n) is 11.4. The van der Waals surface area contributed by atoms with Gasteiger partial charge in [0.25, 0.3) is 0 Å². The number of ether oxygens (including phenoxy) is 1. The molecule has 2 rings (SSSR count). The maximum atomic E-state index is 11.9. The molecule has 0 bridgehead atoms. The second-order valence-corrected chi connectivity index (χ2v) is 5.57. The fraction of sp³-hybridized carbons (Fsp3) is 0.846. The van der Waals surface area contributed by atoms with Crippen molar-refractivity contribution >= 4 is 11.8 Å². The predicted octanol–water partition coefficient (Wildman–Crippen LogP) is -0.523. The van der Waals surface area contributed by atoms with Gasteiger partial charge in [-0.2, -0.15) is 0 Å². The van der Waals surface area contributed by atoms with E-state index in [-0.39, 0.29) is 36.4 Å². The highest BCUT2D eigenvalue weighted by molar-refractivity contribution is 5.85. The van der Waals surface area contributed by atoms with Crippen LogP contribution in [0.4, 0.5) is 0 Å². The molecule has 108 valence electrons. The molecule has 0 spiro atoms. The molecule has 2 atom stereocenters. The van der Waals surface area contributed by atoms with Crippen LogP contribution in [-0.4, -0.2) is 55.1 Å². The van der Waals surface area contributed by atoms with Crippen molar-refractivity contribution in [1.82, 2.24) is 10.2 Å². The van der Waals surface area contributed by atoms with Gasteiger partial charge in [0.1, 0.15) is 0 Å². The van der Waals surface area contributed by atoms with Gasteiger partial charge >= 0.3 is 0 Å². The van der Waals surface area contributed by atoms with Crippen LogP contribution in [0.3, 0.4) is 0 Å². The molecule has 2 aliphatic heterocycles. The van der Waals surface area contributed by atoms with Crippen molar-refractivity contribution in [3.63, 3.8) is 0 Å². The summed E-state index contributed by atoms with van der Waals surface area (Å²) >= 11 is 0. The lowest BCUT2D eigenvalue weighted by Gasteiger charge is -2.34. The lowest BCUT2D eigenvalue weighted by molar-refractivity contribution is -0.140. The minimum Gasteiger partial charge on any atom is -0.381 e. The highest BCUT2D eigenvalue weighted by Crippen LogP contribution is 2.16. The monoisotopic (exact) mass is 269 g/mol. The lowest BCUT2D eigenvalue weighted by Crippen LogP contribution is -2.54. The van der Waals surface area contributed by atoms with E-state index in [1.165, 1.54) is 0 Å². The second-order valence-electron chi connectivity index (χ2n) is 5.57. The van der Waals surface area contributed by atoms with E-state index in [9.17, 15) is 9.59 Å². The normalized spacial score (nSPS) is 29.4. The van der Waals surface area contributed by atoms with Gasteiger partial charge in [-0.05, 0) is 18.8 Å². The summed E-state index contributed by atoms with van der Waals surface area (Å²) in [5.41, 5.74) is 5.95. The van der Waals surface area contributed by atoms with E-state index in [1.807, 2.05) is 6.92 Å². The second kappa shape index (κ2) is 6.34. The molecule has 2 saturated heterocycles. The van der Waals surface area contributed by atoms with Crippen molar-refractivity contribution in [3.8, 4) is 0 Å². The largest absolute Gasteiger partial charge is 0.381 e. The van der Waals surface area contributed by atoms with Crippen LogP contribution in [0.2, 0.25) is 0 Å². The van der Waals surface area contributed by atoms with E-state index in [4.69, 9.17) is 10.5 Å². The van der Waals surface area contributed by atoms with Crippen LogP contribution in [0.15, 0.2) is 0 Å². The van der Waals surface area contributed by atoms with Gasteiger partial charge in [0.15, 0.2) is 0 Å². The van der Waals surface area contributed by atoms with E-state index in [0.29, 0.717) is 26.2 Å². The molecule has 6 nitrogen and oxygen atoms in total. The first-order chi connectivity index (χ1) is 9.06. The van der Waals surface area contributed by atoms with E-state index < -0.39 is 0 Å². The number of amides is 2. The molecule has 2 aliphatic rings. The quantitative estimate of drug-likeness (QED) is 0.722. The predicted molar refractivity (Wildman–Crippen MR) is 70.3 cm³/mol. The van der Waals surface area contributed by atoms with E-state index in [2.05, 4.69) is 5.32 Å². The number of piperidine rings is 1. The van der Waals surface area contributed by atoms with Crippen LogP contribution in [-0.2, 0) is 14.3 Å². The van der Waals surface area contributed by atoms with Crippen LogP contribution >= 0.6 is 0 Å². The van der Waals surface area contributed by atoms with Crippen molar-refractivity contribution in [2.75, 3.05) is 26.3 Å². The summed E-state index contributed by atoms with van der Waals surface area (Å²) in [5.74, 6) is 0.126. The average Bonchev–Trinajstić information content (AvgIpc) is 2.37. The van der Waals surface area contributed by atoms with Gasteiger partial charge < -0.3 is 20.7 Å². The fourth-order valence-corrected chi connectivity index (χ4v) is 2.53. The molecule has 3 N–H and O–H groups in total. The highest BCUT2D eigenvalue weighted by atomic mass is 16.5. The Kier molecular flexibility index (Phi) is 4.76. The van der Waals surface area contributed by atoms with Crippen LogP contribution in [0.25, 0.3) is 0 Å². The Hall–Kier alpha value is -1.14.